The Bertz CT molecular complexity index is 365. The Hall–Kier alpha value is -1.55. The van der Waals surface area contributed by atoms with Gasteiger partial charge in [-0.05, 0) is 38.1 Å². The van der Waals surface area contributed by atoms with E-state index in [0.29, 0.717) is 17.8 Å². The molecule has 0 unspecified atom stereocenters. The molecule has 0 aliphatic heterocycles. The zero-order valence-corrected chi connectivity index (χ0v) is 10.0. The van der Waals surface area contributed by atoms with Crippen molar-refractivity contribution in [3.63, 3.8) is 0 Å². The molecule has 16 heavy (non-hydrogen) atoms. The van der Waals surface area contributed by atoms with Crippen LogP contribution in [0.3, 0.4) is 0 Å². The molecule has 0 heterocycles. The van der Waals surface area contributed by atoms with E-state index in [1.54, 1.807) is 36.2 Å². The molecule has 0 aromatic heterocycles. The SMILES string of the molecule is CN(CC(C)(C)N)C(=O)c1ccc(N)cc1. The van der Waals surface area contributed by atoms with Gasteiger partial charge in [-0.15, -0.1) is 0 Å². The first kappa shape index (κ1) is 12.5. The summed E-state index contributed by atoms with van der Waals surface area (Å²) in [4.78, 5) is 13.6. The van der Waals surface area contributed by atoms with Crippen molar-refractivity contribution in [2.45, 2.75) is 19.4 Å². The highest BCUT2D eigenvalue weighted by atomic mass is 16.2. The van der Waals surface area contributed by atoms with Gasteiger partial charge in [-0.3, -0.25) is 4.79 Å². The van der Waals surface area contributed by atoms with Crippen molar-refractivity contribution in [3.05, 3.63) is 29.8 Å². The Balaban J connectivity index is 2.74. The highest BCUT2D eigenvalue weighted by Crippen LogP contribution is 2.09. The van der Waals surface area contributed by atoms with Crippen molar-refractivity contribution in [1.82, 2.24) is 4.90 Å². The monoisotopic (exact) mass is 221 g/mol. The summed E-state index contributed by atoms with van der Waals surface area (Å²) in [6.07, 6.45) is 0. The number of carbonyl (C=O) groups excluding carboxylic acids is 1. The van der Waals surface area contributed by atoms with E-state index in [1.807, 2.05) is 13.8 Å². The zero-order valence-electron chi connectivity index (χ0n) is 10.0. The second-order valence-corrected chi connectivity index (χ2v) is 4.77. The highest BCUT2D eigenvalue weighted by molar-refractivity contribution is 5.94. The number of carbonyl (C=O) groups is 1. The van der Waals surface area contributed by atoms with Crippen molar-refractivity contribution in [3.8, 4) is 0 Å². The molecule has 1 aromatic carbocycles. The molecule has 1 rings (SSSR count). The van der Waals surface area contributed by atoms with E-state index < -0.39 is 5.54 Å². The van der Waals surface area contributed by atoms with Gasteiger partial charge in [0.05, 0.1) is 0 Å². The number of nitrogen functional groups attached to an aromatic ring is 1. The first-order chi connectivity index (χ1) is 7.29. The van der Waals surface area contributed by atoms with Crippen molar-refractivity contribution < 1.29 is 4.79 Å². The second-order valence-electron chi connectivity index (χ2n) is 4.77. The van der Waals surface area contributed by atoms with Crippen molar-refractivity contribution >= 4 is 11.6 Å². The van der Waals surface area contributed by atoms with Crippen LogP contribution in [0.1, 0.15) is 24.2 Å². The first-order valence-corrected chi connectivity index (χ1v) is 5.19. The molecule has 0 fully saturated rings. The van der Waals surface area contributed by atoms with E-state index in [0.717, 1.165) is 0 Å². The van der Waals surface area contributed by atoms with Crippen molar-refractivity contribution in [1.29, 1.82) is 0 Å². The van der Waals surface area contributed by atoms with Gasteiger partial charge in [-0.2, -0.15) is 0 Å². The molecular formula is C12H19N3O. The lowest BCUT2D eigenvalue weighted by Crippen LogP contribution is -2.45. The number of likely N-dealkylation sites (N-methyl/N-ethyl adjacent to an activating group) is 1. The number of nitrogens with zero attached hydrogens (tertiary/aromatic N) is 1. The molecule has 1 aromatic rings. The van der Waals surface area contributed by atoms with Crippen LogP contribution in [0.4, 0.5) is 5.69 Å². The Morgan fingerprint density at radius 2 is 1.81 bits per heavy atom. The molecule has 4 nitrogen and oxygen atoms in total. The van der Waals surface area contributed by atoms with Crippen LogP contribution in [0.2, 0.25) is 0 Å². The van der Waals surface area contributed by atoms with Gasteiger partial charge < -0.3 is 16.4 Å². The Morgan fingerprint density at radius 1 is 1.31 bits per heavy atom. The van der Waals surface area contributed by atoms with E-state index >= 15 is 0 Å². The molecule has 0 saturated heterocycles. The molecule has 4 N–H and O–H groups in total. The Labute approximate surface area is 96.2 Å². The van der Waals surface area contributed by atoms with E-state index in [9.17, 15) is 4.79 Å². The summed E-state index contributed by atoms with van der Waals surface area (Å²) in [6, 6.07) is 6.87. The predicted octanol–water partition coefficient (Wildman–Crippen LogP) is 1.08. The summed E-state index contributed by atoms with van der Waals surface area (Å²) in [5, 5.41) is 0. The third kappa shape index (κ3) is 3.55. The molecule has 88 valence electrons. The molecule has 0 aliphatic carbocycles. The fraction of sp³-hybridized carbons (Fsp3) is 0.417. The highest BCUT2D eigenvalue weighted by Gasteiger charge is 2.18. The maximum absolute atomic E-state index is 12.0. The standard InChI is InChI=1S/C12H19N3O/c1-12(2,14)8-15(3)11(16)9-4-6-10(13)7-5-9/h4-7H,8,13-14H2,1-3H3. The summed E-state index contributed by atoms with van der Waals surface area (Å²) in [5.41, 5.74) is 12.3. The van der Waals surface area contributed by atoms with Gasteiger partial charge >= 0.3 is 0 Å². The summed E-state index contributed by atoms with van der Waals surface area (Å²) in [5.74, 6) is -0.0430. The first-order valence-electron chi connectivity index (χ1n) is 5.19. The molecule has 1 amide bonds. The third-order valence-corrected chi connectivity index (χ3v) is 2.15. The van der Waals surface area contributed by atoms with Crippen LogP contribution < -0.4 is 11.5 Å². The fourth-order valence-corrected chi connectivity index (χ4v) is 1.53. The van der Waals surface area contributed by atoms with Crippen LogP contribution in [0.25, 0.3) is 0 Å². The molecule has 0 radical (unpaired) electrons. The van der Waals surface area contributed by atoms with E-state index in [4.69, 9.17) is 11.5 Å². The average molecular weight is 221 g/mol. The van der Waals surface area contributed by atoms with E-state index in [1.165, 1.54) is 0 Å². The summed E-state index contributed by atoms with van der Waals surface area (Å²) in [7, 11) is 1.74. The Morgan fingerprint density at radius 3 is 2.25 bits per heavy atom. The van der Waals surface area contributed by atoms with E-state index in [2.05, 4.69) is 0 Å². The van der Waals surface area contributed by atoms with Crippen LogP contribution in [-0.4, -0.2) is 29.9 Å². The fourth-order valence-electron chi connectivity index (χ4n) is 1.53. The van der Waals surface area contributed by atoms with Crippen molar-refractivity contribution in [2.24, 2.45) is 5.73 Å². The summed E-state index contributed by atoms with van der Waals surface area (Å²) >= 11 is 0. The number of hydrogen-bond acceptors (Lipinski definition) is 3. The zero-order chi connectivity index (χ0) is 12.3. The lowest BCUT2D eigenvalue weighted by atomic mass is 10.1. The minimum absolute atomic E-state index is 0.0430. The van der Waals surface area contributed by atoms with Crippen LogP contribution in [0.5, 0.6) is 0 Å². The van der Waals surface area contributed by atoms with Crippen LogP contribution in [0, 0.1) is 0 Å². The summed E-state index contributed by atoms with van der Waals surface area (Å²) < 4.78 is 0. The van der Waals surface area contributed by atoms with Crippen LogP contribution >= 0.6 is 0 Å². The lowest BCUT2D eigenvalue weighted by molar-refractivity contribution is 0.0769. The normalized spacial score (nSPS) is 11.2. The number of hydrogen-bond donors (Lipinski definition) is 2. The number of nitrogens with two attached hydrogens (primary N) is 2. The van der Waals surface area contributed by atoms with Crippen LogP contribution in [-0.2, 0) is 0 Å². The molecule has 4 heteroatoms. The minimum atomic E-state index is -0.391. The van der Waals surface area contributed by atoms with Gasteiger partial charge in [-0.1, -0.05) is 0 Å². The molecule has 0 spiro atoms. The number of benzene rings is 1. The molecular weight excluding hydrogens is 202 g/mol. The number of amides is 1. The van der Waals surface area contributed by atoms with Gasteiger partial charge in [-0.25, -0.2) is 0 Å². The van der Waals surface area contributed by atoms with Gasteiger partial charge in [0.25, 0.3) is 5.91 Å². The largest absolute Gasteiger partial charge is 0.399 e. The molecule has 0 bridgehead atoms. The maximum atomic E-state index is 12.0. The number of anilines is 1. The predicted molar refractivity (Wildman–Crippen MR) is 66.1 cm³/mol. The van der Waals surface area contributed by atoms with Gasteiger partial charge in [0, 0.05) is 30.4 Å². The maximum Gasteiger partial charge on any atom is 0.253 e. The lowest BCUT2D eigenvalue weighted by Gasteiger charge is -2.26. The van der Waals surface area contributed by atoms with Gasteiger partial charge in [0.1, 0.15) is 0 Å². The van der Waals surface area contributed by atoms with Gasteiger partial charge in [0.2, 0.25) is 0 Å². The van der Waals surface area contributed by atoms with Crippen LogP contribution in [0.15, 0.2) is 24.3 Å². The quantitative estimate of drug-likeness (QED) is 0.750. The summed E-state index contributed by atoms with van der Waals surface area (Å²) in [6.45, 7) is 4.29. The van der Waals surface area contributed by atoms with Gasteiger partial charge in [0.15, 0.2) is 0 Å². The second kappa shape index (κ2) is 4.53. The number of rotatable bonds is 3. The average Bonchev–Trinajstić information content (AvgIpc) is 2.15. The molecule has 0 saturated carbocycles. The molecule has 0 aliphatic rings. The minimum Gasteiger partial charge on any atom is -0.399 e. The smallest absolute Gasteiger partial charge is 0.253 e. The van der Waals surface area contributed by atoms with E-state index in [-0.39, 0.29) is 5.91 Å². The third-order valence-electron chi connectivity index (χ3n) is 2.15. The molecule has 0 atom stereocenters. The topological polar surface area (TPSA) is 72.3 Å². The Kier molecular flexibility index (Phi) is 3.55. The van der Waals surface area contributed by atoms with Crippen molar-refractivity contribution in [2.75, 3.05) is 19.3 Å².